The minimum atomic E-state index is 0.0313. The predicted octanol–water partition coefficient (Wildman–Crippen LogP) is 3.09. The topological polar surface area (TPSA) is 56.4 Å². The Hall–Kier alpha value is -3.08. The quantitative estimate of drug-likeness (QED) is 0.776. The second-order valence-electron chi connectivity index (χ2n) is 6.91. The number of aryl methyl sites for hydroxylation is 1. The number of aromatic amines is 1. The van der Waals surface area contributed by atoms with Crippen LogP contribution in [-0.2, 0) is 11.2 Å². The predicted molar refractivity (Wildman–Crippen MR) is 106 cm³/mol. The maximum absolute atomic E-state index is 12.9. The van der Waals surface area contributed by atoms with Crippen molar-refractivity contribution < 1.29 is 9.59 Å². The molecule has 138 valence electrons. The van der Waals surface area contributed by atoms with Crippen molar-refractivity contribution in [2.75, 3.05) is 26.2 Å². The number of piperazine rings is 1. The van der Waals surface area contributed by atoms with Crippen molar-refractivity contribution in [3.05, 3.63) is 71.9 Å². The third-order valence-electron chi connectivity index (χ3n) is 5.21. The highest BCUT2D eigenvalue weighted by Crippen LogP contribution is 2.20. The lowest BCUT2D eigenvalue weighted by Crippen LogP contribution is -2.50. The molecule has 5 nitrogen and oxygen atoms in total. The van der Waals surface area contributed by atoms with Gasteiger partial charge in [0.05, 0.1) is 5.56 Å². The van der Waals surface area contributed by atoms with E-state index >= 15 is 0 Å². The van der Waals surface area contributed by atoms with E-state index in [0.29, 0.717) is 38.2 Å². The molecule has 0 radical (unpaired) electrons. The molecular formula is C22H23N3O2. The van der Waals surface area contributed by atoms with E-state index in [9.17, 15) is 9.59 Å². The molecule has 0 spiro atoms. The standard InChI is InChI=1S/C22H23N3O2/c26-21(11-10-17-6-2-1-3-7-17)24-12-14-25(15-13-24)22(27)19-16-23-20-9-5-4-8-18(19)20/h1-9,16,23H,10-15H2. The Balaban J connectivity index is 1.33. The van der Waals surface area contributed by atoms with Gasteiger partial charge in [0.25, 0.3) is 5.91 Å². The van der Waals surface area contributed by atoms with Crippen molar-refractivity contribution in [1.29, 1.82) is 0 Å². The number of hydrogen-bond donors (Lipinski definition) is 1. The summed E-state index contributed by atoms with van der Waals surface area (Å²) in [7, 11) is 0. The maximum atomic E-state index is 12.9. The number of nitrogens with one attached hydrogen (secondary N) is 1. The molecule has 5 heteroatoms. The van der Waals surface area contributed by atoms with Crippen molar-refractivity contribution in [3.8, 4) is 0 Å². The van der Waals surface area contributed by atoms with Crippen molar-refractivity contribution in [3.63, 3.8) is 0 Å². The van der Waals surface area contributed by atoms with Crippen LogP contribution in [0.2, 0.25) is 0 Å². The lowest BCUT2D eigenvalue weighted by atomic mass is 10.1. The number of H-pyrrole nitrogens is 1. The monoisotopic (exact) mass is 361 g/mol. The molecule has 0 atom stereocenters. The first-order valence-electron chi connectivity index (χ1n) is 9.39. The molecule has 3 aromatic rings. The van der Waals surface area contributed by atoms with E-state index < -0.39 is 0 Å². The molecule has 0 unspecified atom stereocenters. The van der Waals surface area contributed by atoms with E-state index in [1.165, 1.54) is 5.56 Å². The normalized spacial score (nSPS) is 14.5. The zero-order valence-corrected chi connectivity index (χ0v) is 15.2. The second-order valence-corrected chi connectivity index (χ2v) is 6.91. The Morgan fingerprint density at radius 1 is 0.852 bits per heavy atom. The van der Waals surface area contributed by atoms with Gasteiger partial charge in [0.1, 0.15) is 0 Å². The van der Waals surface area contributed by atoms with E-state index in [4.69, 9.17) is 0 Å². The number of amides is 2. The summed E-state index contributed by atoms with van der Waals surface area (Å²) in [4.78, 5) is 32.2. The van der Waals surface area contributed by atoms with Gasteiger partial charge in [-0.05, 0) is 18.1 Å². The van der Waals surface area contributed by atoms with E-state index in [1.54, 1.807) is 6.20 Å². The molecule has 2 heterocycles. The molecule has 1 aromatic heterocycles. The summed E-state index contributed by atoms with van der Waals surface area (Å²) in [6.07, 6.45) is 3.05. The largest absolute Gasteiger partial charge is 0.360 e. The molecule has 1 saturated heterocycles. The highest BCUT2D eigenvalue weighted by molar-refractivity contribution is 6.06. The van der Waals surface area contributed by atoms with Gasteiger partial charge in [-0.1, -0.05) is 48.5 Å². The molecule has 4 rings (SSSR count). The van der Waals surface area contributed by atoms with Gasteiger partial charge in [0, 0.05) is 49.7 Å². The number of carbonyl (C=O) groups is 2. The maximum Gasteiger partial charge on any atom is 0.256 e. The van der Waals surface area contributed by atoms with Crippen molar-refractivity contribution in [1.82, 2.24) is 14.8 Å². The number of benzene rings is 2. The first-order valence-corrected chi connectivity index (χ1v) is 9.39. The number of aromatic nitrogens is 1. The van der Waals surface area contributed by atoms with Crippen molar-refractivity contribution in [2.45, 2.75) is 12.8 Å². The molecule has 2 amide bonds. The smallest absolute Gasteiger partial charge is 0.256 e. The first-order chi connectivity index (χ1) is 13.2. The number of carbonyl (C=O) groups excluding carboxylic acids is 2. The van der Waals surface area contributed by atoms with Crippen LogP contribution < -0.4 is 0 Å². The number of para-hydroxylation sites is 1. The summed E-state index contributed by atoms with van der Waals surface area (Å²) >= 11 is 0. The summed E-state index contributed by atoms with van der Waals surface area (Å²) in [6, 6.07) is 17.9. The van der Waals surface area contributed by atoms with E-state index in [-0.39, 0.29) is 11.8 Å². The molecule has 0 bridgehead atoms. The number of hydrogen-bond acceptors (Lipinski definition) is 2. The van der Waals surface area contributed by atoms with Crippen LogP contribution in [0, 0.1) is 0 Å². The van der Waals surface area contributed by atoms with Gasteiger partial charge in [0.15, 0.2) is 0 Å². The van der Waals surface area contributed by atoms with Crippen LogP contribution in [0.4, 0.5) is 0 Å². The molecule has 1 fully saturated rings. The summed E-state index contributed by atoms with van der Waals surface area (Å²) in [5.74, 6) is 0.196. The fourth-order valence-electron chi connectivity index (χ4n) is 3.63. The number of nitrogens with zero attached hydrogens (tertiary/aromatic N) is 2. The third kappa shape index (κ3) is 3.72. The number of fused-ring (bicyclic) bond motifs is 1. The fourth-order valence-corrected chi connectivity index (χ4v) is 3.63. The Kier molecular flexibility index (Phi) is 4.92. The molecule has 1 N–H and O–H groups in total. The zero-order chi connectivity index (χ0) is 18.6. The fraction of sp³-hybridized carbons (Fsp3) is 0.273. The molecule has 2 aromatic carbocycles. The molecule has 1 aliphatic rings. The van der Waals surface area contributed by atoms with Gasteiger partial charge < -0.3 is 14.8 Å². The van der Waals surface area contributed by atoms with E-state index in [0.717, 1.165) is 17.3 Å². The third-order valence-corrected chi connectivity index (χ3v) is 5.21. The van der Waals surface area contributed by atoms with Crippen LogP contribution in [0.15, 0.2) is 60.8 Å². The SMILES string of the molecule is O=C(CCc1ccccc1)N1CCN(C(=O)c2c[nH]c3ccccc23)CC1. The zero-order valence-electron chi connectivity index (χ0n) is 15.2. The van der Waals surface area contributed by atoms with E-state index in [2.05, 4.69) is 4.98 Å². The molecule has 0 aliphatic carbocycles. The molecule has 1 aliphatic heterocycles. The average Bonchev–Trinajstić information content (AvgIpc) is 3.16. The van der Waals surface area contributed by atoms with Gasteiger partial charge in [-0.15, -0.1) is 0 Å². The lowest BCUT2D eigenvalue weighted by Gasteiger charge is -2.34. The Morgan fingerprint density at radius 3 is 2.30 bits per heavy atom. The second kappa shape index (κ2) is 7.66. The average molecular weight is 361 g/mol. The van der Waals surface area contributed by atoms with Gasteiger partial charge in [-0.3, -0.25) is 9.59 Å². The van der Waals surface area contributed by atoms with Crippen LogP contribution in [-0.4, -0.2) is 52.8 Å². The Labute approximate surface area is 158 Å². The van der Waals surface area contributed by atoms with Crippen LogP contribution >= 0.6 is 0 Å². The van der Waals surface area contributed by atoms with E-state index in [1.807, 2.05) is 64.4 Å². The lowest BCUT2D eigenvalue weighted by molar-refractivity contribution is -0.132. The Bertz CT molecular complexity index is 940. The van der Waals surface area contributed by atoms with Crippen LogP contribution in [0.5, 0.6) is 0 Å². The van der Waals surface area contributed by atoms with Crippen LogP contribution in [0.1, 0.15) is 22.3 Å². The van der Waals surface area contributed by atoms with Crippen LogP contribution in [0.3, 0.4) is 0 Å². The summed E-state index contributed by atoms with van der Waals surface area (Å²) in [5.41, 5.74) is 2.85. The van der Waals surface area contributed by atoms with Gasteiger partial charge >= 0.3 is 0 Å². The number of rotatable bonds is 4. The van der Waals surface area contributed by atoms with Crippen molar-refractivity contribution in [2.24, 2.45) is 0 Å². The highest BCUT2D eigenvalue weighted by atomic mass is 16.2. The minimum Gasteiger partial charge on any atom is -0.360 e. The minimum absolute atomic E-state index is 0.0313. The van der Waals surface area contributed by atoms with Gasteiger partial charge in [-0.2, -0.15) is 0 Å². The van der Waals surface area contributed by atoms with Crippen LogP contribution in [0.25, 0.3) is 10.9 Å². The van der Waals surface area contributed by atoms with Gasteiger partial charge in [0.2, 0.25) is 5.91 Å². The van der Waals surface area contributed by atoms with Crippen molar-refractivity contribution >= 4 is 22.7 Å². The Morgan fingerprint density at radius 2 is 1.52 bits per heavy atom. The molecular weight excluding hydrogens is 338 g/mol. The molecule has 0 saturated carbocycles. The first kappa shape index (κ1) is 17.3. The summed E-state index contributed by atoms with van der Waals surface area (Å²) in [5, 5.41) is 0.948. The van der Waals surface area contributed by atoms with Gasteiger partial charge in [-0.25, -0.2) is 0 Å². The highest BCUT2D eigenvalue weighted by Gasteiger charge is 2.25. The summed E-state index contributed by atoms with van der Waals surface area (Å²) in [6.45, 7) is 2.36. The summed E-state index contributed by atoms with van der Waals surface area (Å²) < 4.78 is 0. The molecule has 27 heavy (non-hydrogen) atoms.